The predicted octanol–water partition coefficient (Wildman–Crippen LogP) is 7.71. The van der Waals surface area contributed by atoms with Crippen LogP contribution in [0.15, 0.2) is 36.4 Å². The number of carboxylic acid groups (broad SMARTS) is 1. The lowest BCUT2D eigenvalue weighted by molar-refractivity contribution is -0.274. The van der Waals surface area contributed by atoms with Crippen LogP contribution in [0.25, 0.3) is 11.0 Å². The molecule has 3 aromatic rings. The molecular weight excluding hydrogens is 532 g/mol. The number of imidazole rings is 1. The van der Waals surface area contributed by atoms with Crippen molar-refractivity contribution in [3.05, 3.63) is 42.0 Å². The van der Waals surface area contributed by atoms with Gasteiger partial charge in [-0.3, -0.25) is 0 Å². The highest BCUT2D eigenvalue weighted by atomic mass is 19.4. The second kappa shape index (κ2) is 10.2. The normalized spacial score (nSPS) is 19.6. The van der Waals surface area contributed by atoms with Crippen LogP contribution in [-0.2, 0) is 0 Å². The van der Waals surface area contributed by atoms with Gasteiger partial charge in [-0.2, -0.15) is 13.2 Å². The minimum Gasteiger partial charge on any atom is -0.483 e. The van der Waals surface area contributed by atoms with Gasteiger partial charge in [0.25, 0.3) is 0 Å². The number of rotatable bonds is 7. The molecule has 2 aromatic carbocycles. The van der Waals surface area contributed by atoms with E-state index in [4.69, 9.17) is 4.74 Å². The summed E-state index contributed by atoms with van der Waals surface area (Å²) in [5.74, 6) is -1.78. The maximum atomic E-state index is 12.9. The molecule has 0 aliphatic heterocycles. The van der Waals surface area contributed by atoms with Gasteiger partial charge in [0.05, 0.1) is 11.0 Å². The first-order valence-electron chi connectivity index (χ1n) is 12.1. The van der Waals surface area contributed by atoms with Crippen LogP contribution in [0.4, 0.5) is 38.0 Å². The Morgan fingerprint density at radius 1 is 1.13 bits per heavy atom. The summed E-state index contributed by atoms with van der Waals surface area (Å²) < 4.78 is 86.8. The molecule has 1 saturated carbocycles. The molecule has 0 radical (unpaired) electrons. The van der Waals surface area contributed by atoms with E-state index in [1.165, 1.54) is 18.2 Å². The third kappa shape index (κ3) is 7.07. The van der Waals surface area contributed by atoms with Crippen molar-refractivity contribution in [3.8, 4) is 11.5 Å². The first-order valence-corrected chi connectivity index (χ1v) is 12.1. The molecule has 7 nitrogen and oxygen atoms in total. The first kappa shape index (κ1) is 28.4. The van der Waals surface area contributed by atoms with Gasteiger partial charge in [0.15, 0.2) is 6.61 Å². The molecule has 1 aliphatic rings. The molecule has 0 bridgehead atoms. The van der Waals surface area contributed by atoms with Gasteiger partial charge in [0, 0.05) is 17.8 Å². The number of alkyl halides is 6. The largest absolute Gasteiger partial charge is 0.573 e. The van der Waals surface area contributed by atoms with Gasteiger partial charge in [-0.05, 0) is 60.9 Å². The van der Waals surface area contributed by atoms with Crippen LogP contribution < -0.4 is 14.8 Å². The molecule has 0 unspecified atom stereocenters. The lowest BCUT2D eigenvalue weighted by Gasteiger charge is -2.40. The lowest BCUT2D eigenvalue weighted by atomic mass is 9.70. The SMILES string of the molecule is C[C@@H]1C[C@H](n2c(Nc3ccc(OC(F)(F)F)cc3)nc3cc(C(=O)O)c(OCC(F)(F)F)cc32)CC(C)(C)C1. The van der Waals surface area contributed by atoms with Crippen LogP contribution in [0, 0.1) is 11.3 Å². The van der Waals surface area contributed by atoms with E-state index in [1.807, 2.05) is 0 Å². The van der Waals surface area contributed by atoms with Gasteiger partial charge in [0.2, 0.25) is 5.95 Å². The molecule has 1 fully saturated rings. The van der Waals surface area contributed by atoms with Crippen LogP contribution in [0.1, 0.15) is 56.4 Å². The number of aromatic carboxylic acids is 1. The highest BCUT2D eigenvalue weighted by Crippen LogP contribution is 2.46. The summed E-state index contributed by atoms with van der Waals surface area (Å²) in [6, 6.07) is 7.21. The number of ether oxygens (including phenoxy) is 2. The Hall–Kier alpha value is -3.64. The van der Waals surface area contributed by atoms with Crippen LogP contribution >= 0.6 is 0 Å². The molecule has 13 heteroatoms. The Balaban J connectivity index is 1.81. The summed E-state index contributed by atoms with van der Waals surface area (Å²) in [5, 5.41) is 12.7. The lowest BCUT2D eigenvalue weighted by Crippen LogP contribution is -2.29. The van der Waals surface area contributed by atoms with Crippen molar-refractivity contribution < 1.29 is 45.7 Å². The average molecular weight is 560 g/mol. The summed E-state index contributed by atoms with van der Waals surface area (Å²) in [5.41, 5.74) is 0.405. The van der Waals surface area contributed by atoms with Gasteiger partial charge >= 0.3 is 18.5 Å². The van der Waals surface area contributed by atoms with Gasteiger partial charge in [-0.1, -0.05) is 20.8 Å². The third-order valence-electron chi connectivity index (χ3n) is 6.49. The van der Waals surface area contributed by atoms with E-state index in [9.17, 15) is 36.2 Å². The Morgan fingerprint density at radius 2 is 1.79 bits per heavy atom. The van der Waals surface area contributed by atoms with E-state index in [2.05, 4.69) is 35.8 Å². The Bertz CT molecular complexity index is 1350. The molecule has 0 saturated heterocycles. The number of hydrogen-bond donors (Lipinski definition) is 2. The zero-order chi connectivity index (χ0) is 28.8. The minimum absolute atomic E-state index is 0.0661. The number of anilines is 2. The molecule has 1 heterocycles. The molecule has 2 atom stereocenters. The summed E-state index contributed by atoms with van der Waals surface area (Å²) in [6.45, 7) is 4.65. The molecule has 0 spiro atoms. The highest BCUT2D eigenvalue weighted by Gasteiger charge is 2.36. The summed E-state index contributed by atoms with van der Waals surface area (Å²) in [4.78, 5) is 16.4. The van der Waals surface area contributed by atoms with Crippen molar-refractivity contribution in [2.24, 2.45) is 11.3 Å². The van der Waals surface area contributed by atoms with E-state index in [-0.39, 0.29) is 22.9 Å². The molecule has 212 valence electrons. The second-order valence-electron chi connectivity index (χ2n) is 10.6. The van der Waals surface area contributed by atoms with Crippen molar-refractivity contribution in [3.63, 3.8) is 0 Å². The van der Waals surface area contributed by atoms with E-state index >= 15 is 0 Å². The molecule has 4 rings (SSSR count). The Labute approximate surface area is 219 Å². The maximum absolute atomic E-state index is 12.9. The summed E-state index contributed by atoms with van der Waals surface area (Å²) >= 11 is 0. The number of hydrogen-bond acceptors (Lipinski definition) is 5. The summed E-state index contributed by atoms with van der Waals surface area (Å²) in [6.07, 6.45) is -7.14. The van der Waals surface area contributed by atoms with Crippen molar-refractivity contribution in [1.82, 2.24) is 9.55 Å². The average Bonchev–Trinajstić information content (AvgIpc) is 3.12. The summed E-state index contributed by atoms with van der Waals surface area (Å²) in [7, 11) is 0. The predicted molar refractivity (Wildman–Crippen MR) is 130 cm³/mol. The minimum atomic E-state index is -4.85. The molecule has 1 aromatic heterocycles. The van der Waals surface area contributed by atoms with Crippen molar-refractivity contribution in [2.45, 2.75) is 58.6 Å². The van der Waals surface area contributed by atoms with Gasteiger partial charge in [-0.25, -0.2) is 9.78 Å². The van der Waals surface area contributed by atoms with Gasteiger partial charge in [0.1, 0.15) is 17.1 Å². The number of benzene rings is 2. The fourth-order valence-corrected chi connectivity index (χ4v) is 5.39. The molecule has 2 N–H and O–H groups in total. The number of fused-ring (bicyclic) bond motifs is 1. The standard InChI is InChI=1S/C26H27F6N3O4/c1-14-8-16(12-24(2,3)11-14)35-20-10-21(38-13-25(27,28)29)18(22(36)37)9-19(20)34-23(35)33-15-4-6-17(7-5-15)39-26(30,31)32/h4-7,9-10,14,16H,8,11-13H2,1-3H3,(H,33,34)(H,36,37)/t14-,16+/m1/s1. The monoisotopic (exact) mass is 559 g/mol. The zero-order valence-corrected chi connectivity index (χ0v) is 21.3. The Kier molecular flexibility index (Phi) is 7.39. The third-order valence-corrected chi connectivity index (χ3v) is 6.49. The molecular formula is C26H27F6N3O4. The van der Waals surface area contributed by atoms with E-state index in [0.29, 0.717) is 23.5 Å². The number of carbonyl (C=O) groups is 1. The Morgan fingerprint density at radius 3 is 2.36 bits per heavy atom. The fraction of sp³-hybridized carbons (Fsp3) is 0.462. The molecule has 0 amide bonds. The second-order valence-corrected chi connectivity index (χ2v) is 10.6. The van der Waals surface area contributed by atoms with Crippen LogP contribution in [0.2, 0.25) is 0 Å². The smallest absolute Gasteiger partial charge is 0.483 e. The van der Waals surface area contributed by atoms with Crippen LogP contribution in [0.5, 0.6) is 11.5 Å². The highest BCUT2D eigenvalue weighted by molar-refractivity contribution is 5.96. The van der Waals surface area contributed by atoms with Crippen molar-refractivity contribution in [2.75, 3.05) is 11.9 Å². The topological polar surface area (TPSA) is 85.6 Å². The fourth-order valence-electron chi connectivity index (χ4n) is 5.39. The molecule has 1 aliphatic carbocycles. The van der Waals surface area contributed by atoms with Crippen LogP contribution in [-0.4, -0.2) is 39.8 Å². The van der Waals surface area contributed by atoms with Crippen molar-refractivity contribution in [1.29, 1.82) is 0 Å². The van der Waals surface area contributed by atoms with Gasteiger partial charge < -0.3 is 24.5 Å². The number of nitrogens with zero attached hydrogens (tertiary/aromatic N) is 2. The number of halogens is 6. The van der Waals surface area contributed by atoms with E-state index in [1.54, 1.807) is 4.57 Å². The van der Waals surface area contributed by atoms with E-state index in [0.717, 1.165) is 31.0 Å². The first-order chi connectivity index (χ1) is 18.0. The molecule has 39 heavy (non-hydrogen) atoms. The van der Waals surface area contributed by atoms with Gasteiger partial charge in [-0.15, -0.1) is 13.2 Å². The van der Waals surface area contributed by atoms with Crippen LogP contribution in [0.3, 0.4) is 0 Å². The zero-order valence-electron chi connectivity index (χ0n) is 21.3. The van der Waals surface area contributed by atoms with E-state index < -0.39 is 42.2 Å². The maximum Gasteiger partial charge on any atom is 0.573 e. The number of carboxylic acids is 1. The van der Waals surface area contributed by atoms with Crippen molar-refractivity contribution >= 4 is 28.6 Å². The number of aromatic nitrogens is 2. The number of nitrogens with one attached hydrogen (secondary N) is 1. The quantitative estimate of drug-likeness (QED) is 0.289.